The highest BCUT2D eigenvalue weighted by Gasteiger charge is 2.08. The monoisotopic (exact) mass is 155 g/mol. The van der Waals surface area contributed by atoms with Crippen molar-refractivity contribution in [2.75, 3.05) is 0 Å². The van der Waals surface area contributed by atoms with Crippen LogP contribution in [-0.2, 0) is 4.79 Å². The van der Waals surface area contributed by atoms with Gasteiger partial charge in [0.05, 0.1) is 0 Å². The molecule has 0 aromatic heterocycles. The average molecular weight is 155 g/mol. The highest BCUT2D eigenvalue weighted by atomic mass is 16.1. The first-order valence-electron chi connectivity index (χ1n) is 4.41. The third kappa shape index (κ3) is 9.67. The standard InChI is InChI=1S/C10H19O/c1-10(2,3)8-6-4-5-7-9-11/h4-8H2,1-3H3. The third-order valence-electron chi connectivity index (χ3n) is 1.71. The highest BCUT2D eigenvalue weighted by Crippen LogP contribution is 2.21. The van der Waals surface area contributed by atoms with Crippen LogP contribution in [0.5, 0.6) is 0 Å². The van der Waals surface area contributed by atoms with Gasteiger partial charge in [-0.3, -0.25) is 4.79 Å². The summed E-state index contributed by atoms with van der Waals surface area (Å²) in [5.74, 6) is 0. The fraction of sp³-hybridized carbons (Fsp3) is 0.900. The maximum Gasteiger partial charge on any atom is 0.198 e. The summed E-state index contributed by atoms with van der Waals surface area (Å²) in [6, 6.07) is 0. The third-order valence-corrected chi connectivity index (χ3v) is 1.71. The van der Waals surface area contributed by atoms with Crippen LogP contribution in [0.25, 0.3) is 0 Å². The van der Waals surface area contributed by atoms with Gasteiger partial charge in [-0.1, -0.05) is 33.6 Å². The average Bonchev–Trinajstić information content (AvgIpc) is 1.85. The van der Waals surface area contributed by atoms with Crippen LogP contribution in [0.1, 0.15) is 52.9 Å². The molecule has 0 aliphatic rings. The van der Waals surface area contributed by atoms with Crippen LogP contribution in [0, 0.1) is 5.41 Å². The summed E-state index contributed by atoms with van der Waals surface area (Å²) in [7, 11) is 0. The Bertz CT molecular complexity index is 99.9. The Kier molecular flexibility index (Phi) is 5.18. The van der Waals surface area contributed by atoms with E-state index in [1.54, 1.807) is 0 Å². The zero-order chi connectivity index (χ0) is 8.74. The van der Waals surface area contributed by atoms with Crippen molar-refractivity contribution in [1.29, 1.82) is 0 Å². The summed E-state index contributed by atoms with van der Waals surface area (Å²) in [5, 5.41) is 0. The van der Waals surface area contributed by atoms with E-state index in [9.17, 15) is 4.79 Å². The molecule has 0 saturated heterocycles. The summed E-state index contributed by atoms with van der Waals surface area (Å²) in [6.45, 7) is 6.75. The maximum atomic E-state index is 9.84. The fourth-order valence-electron chi connectivity index (χ4n) is 1.03. The molecular formula is C10H19O. The van der Waals surface area contributed by atoms with Gasteiger partial charge in [0.2, 0.25) is 0 Å². The molecule has 0 aliphatic carbocycles. The van der Waals surface area contributed by atoms with E-state index in [2.05, 4.69) is 20.8 Å². The van der Waals surface area contributed by atoms with Crippen LogP contribution in [0.3, 0.4) is 0 Å². The van der Waals surface area contributed by atoms with Crippen molar-refractivity contribution in [3.8, 4) is 0 Å². The van der Waals surface area contributed by atoms with Crippen molar-refractivity contribution < 1.29 is 4.79 Å². The Morgan fingerprint density at radius 3 is 2.18 bits per heavy atom. The van der Waals surface area contributed by atoms with Crippen LogP contribution in [0.2, 0.25) is 0 Å². The van der Waals surface area contributed by atoms with E-state index in [0.29, 0.717) is 11.8 Å². The lowest BCUT2D eigenvalue weighted by Gasteiger charge is -2.17. The van der Waals surface area contributed by atoms with Gasteiger partial charge in [-0.2, -0.15) is 0 Å². The SMILES string of the molecule is CC(C)(C)CCCCC[C]=O. The second-order valence-corrected chi connectivity index (χ2v) is 4.27. The van der Waals surface area contributed by atoms with E-state index in [1.165, 1.54) is 19.3 Å². The largest absolute Gasteiger partial charge is 0.291 e. The first-order chi connectivity index (χ1) is 5.06. The molecule has 65 valence electrons. The summed E-state index contributed by atoms with van der Waals surface area (Å²) in [5.41, 5.74) is 0.449. The molecule has 0 bridgehead atoms. The van der Waals surface area contributed by atoms with Crippen molar-refractivity contribution in [3.05, 3.63) is 0 Å². The van der Waals surface area contributed by atoms with Gasteiger partial charge in [-0.25, -0.2) is 0 Å². The molecule has 0 saturated carbocycles. The van der Waals surface area contributed by atoms with Crippen LogP contribution in [0.4, 0.5) is 0 Å². The molecule has 0 rings (SSSR count). The van der Waals surface area contributed by atoms with Crippen LogP contribution >= 0.6 is 0 Å². The normalized spacial score (nSPS) is 11.5. The number of unbranched alkanes of at least 4 members (excludes halogenated alkanes) is 3. The van der Waals surface area contributed by atoms with E-state index in [0.717, 1.165) is 6.42 Å². The van der Waals surface area contributed by atoms with E-state index >= 15 is 0 Å². The predicted molar refractivity (Wildman–Crippen MR) is 48.2 cm³/mol. The fourth-order valence-corrected chi connectivity index (χ4v) is 1.03. The van der Waals surface area contributed by atoms with Gasteiger partial charge >= 0.3 is 0 Å². The Labute approximate surface area is 70.2 Å². The smallest absolute Gasteiger partial charge is 0.198 e. The molecule has 0 atom stereocenters. The first-order valence-corrected chi connectivity index (χ1v) is 4.41. The minimum absolute atomic E-state index is 0.449. The van der Waals surface area contributed by atoms with Gasteiger partial charge in [0, 0.05) is 6.42 Å². The number of hydrogen-bond donors (Lipinski definition) is 0. The Morgan fingerprint density at radius 2 is 1.73 bits per heavy atom. The summed E-state index contributed by atoms with van der Waals surface area (Å²) in [6.07, 6.45) is 7.21. The Hall–Kier alpha value is -0.330. The van der Waals surface area contributed by atoms with Gasteiger partial charge in [0.25, 0.3) is 0 Å². The molecule has 0 aliphatic heterocycles. The summed E-state index contributed by atoms with van der Waals surface area (Å²) >= 11 is 0. The van der Waals surface area contributed by atoms with E-state index < -0.39 is 0 Å². The molecule has 0 fully saturated rings. The molecule has 1 heteroatoms. The molecule has 11 heavy (non-hydrogen) atoms. The molecule has 0 aromatic carbocycles. The van der Waals surface area contributed by atoms with Crippen LogP contribution in [0.15, 0.2) is 0 Å². The summed E-state index contributed by atoms with van der Waals surface area (Å²) in [4.78, 5) is 9.84. The second-order valence-electron chi connectivity index (χ2n) is 4.27. The van der Waals surface area contributed by atoms with E-state index in [-0.39, 0.29) is 0 Å². The molecular weight excluding hydrogens is 136 g/mol. The van der Waals surface area contributed by atoms with Crippen molar-refractivity contribution in [3.63, 3.8) is 0 Å². The van der Waals surface area contributed by atoms with E-state index in [1.807, 2.05) is 6.29 Å². The maximum absolute atomic E-state index is 9.84. The van der Waals surface area contributed by atoms with Gasteiger partial charge in [-0.15, -0.1) is 0 Å². The molecule has 0 amide bonds. The van der Waals surface area contributed by atoms with Crippen molar-refractivity contribution >= 4 is 6.29 Å². The summed E-state index contributed by atoms with van der Waals surface area (Å²) < 4.78 is 0. The molecule has 0 heterocycles. The number of hydrogen-bond acceptors (Lipinski definition) is 1. The second kappa shape index (κ2) is 5.34. The van der Waals surface area contributed by atoms with Crippen molar-refractivity contribution in [1.82, 2.24) is 0 Å². The lowest BCUT2D eigenvalue weighted by molar-refractivity contribution is 0.358. The van der Waals surface area contributed by atoms with Crippen LogP contribution in [-0.4, -0.2) is 6.29 Å². The highest BCUT2D eigenvalue weighted by molar-refractivity contribution is 5.50. The minimum Gasteiger partial charge on any atom is -0.291 e. The lowest BCUT2D eigenvalue weighted by Crippen LogP contribution is -2.03. The van der Waals surface area contributed by atoms with Gasteiger partial charge in [-0.05, 0) is 18.3 Å². The zero-order valence-corrected chi connectivity index (χ0v) is 7.94. The van der Waals surface area contributed by atoms with Gasteiger partial charge in [0.1, 0.15) is 0 Å². The number of carbonyl (C=O) groups excluding carboxylic acids is 1. The molecule has 0 spiro atoms. The molecule has 0 aromatic rings. The molecule has 1 nitrogen and oxygen atoms in total. The molecule has 0 unspecified atom stereocenters. The van der Waals surface area contributed by atoms with E-state index in [4.69, 9.17) is 0 Å². The van der Waals surface area contributed by atoms with Crippen molar-refractivity contribution in [2.24, 2.45) is 5.41 Å². The van der Waals surface area contributed by atoms with Crippen molar-refractivity contribution in [2.45, 2.75) is 52.9 Å². The van der Waals surface area contributed by atoms with Crippen LogP contribution < -0.4 is 0 Å². The first kappa shape index (κ1) is 10.7. The quantitative estimate of drug-likeness (QED) is 0.557. The predicted octanol–water partition coefficient (Wildman–Crippen LogP) is 3.09. The lowest BCUT2D eigenvalue weighted by atomic mass is 9.89. The minimum atomic E-state index is 0.449. The Balaban J connectivity index is 3.08. The molecule has 1 radical (unpaired) electrons. The van der Waals surface area contributed by atoms with Gasteiger partial charge in [0.15, 0.2) is 6.29 Å². The number of rotatable bonds is 5. The van der Waals surface area contributed by atoms with Gasteiger partial charge < -0.3 is 0 Å². The molecule has 0 N–H and O–H groups in total. The topological polar surface area (TPSA) is 17.1 Å². The Morgan fingerprint density at radius 1 is 1.09 bits per heavy atom. The zero-order valence-electron chi connectivity index (χ0n) is 7.94.